The Morgan fingerprint density at radius 1 is 1.55 bits per heavy atom. The topological polar surface area (TPSA) is 58.4 Å². The average molecular weight is 279 g/mol. The lowest BCUT2D eigenvalue weighted by Gasteiger charge is -2.31. The van der Waals surface area contributed by atoms with E-state index in [0.717, 1.165) is 38.0 Å². The van der Waals surface area contributed by atoms with Gasteiger partial charge >= 0.3 is 0 Å². The van der Waals surface area contributed by atoms with Crippen molar-refractivity contribution in [2.24, 2.45) is 11.7 Å². The van der Waals surface area contributed by atoms with Gasteiger partial charge in [0.05, 0.1) is 5.92 Å². The Morgan fingerprint density at radius 2 is 2.35 bits per heavy atom. The lowest BCUT2D eigenvalue weighted by atomic mass is 9.96. The summed E-state index contributed by atoms with van der Waals surface area (Å²) in [4.78, 5) is 14.0. The maximum absolute atomic E-state index is 13.4. The van der Waals surface area contributed by atoms with Crippen LogP contribution in [-0.2, 0) is 17.9 Å². The Balaban J connectivity index is 2.00. The fourth-order valence-corrected chi connectivity index (χ4v) is 2.76. The Hall–Kier alpha value is -1.46. The minimum Gasteiger partial charge on any atom is -0.359 e. The number of piperidine rings is 1. The van der Waals surface area contributed by atoms with Gasteiger partial charge in [0, 0.05) is 32.2 Å². The van der Waals surface area contributed by atoms with E-state index in [-0.39, 0.29) is 24.2 Å². The van der Waals surface area contributed by atoms with Crippen LogP contribution < -0.4 is 11.1 Å². The molecule has 1 aromatic carbocycles. The van der Waals surface area contributed by atoms with Crippen molar-refractivity contribution >= 4 is 5.91 Å². The van der Waals surface area contributed by atoms with Gasteiger partial charge in [0.25, 0.3) is 0 Å². The third kappa shape index (κ3) is 3.55. The fraction of sp³-hybridized carbons (Fsp3) is 0.533. The number of benzene rings is 1. The highest BCUT2D eigenvalue weighted by Crippen LogP contribution is 2.19. The zero-order valence-electron chi connectivity index (χ0n) is 11.9. The number of amides is 1. The minimum absolute atomic E-state index is 0.0585. The summed E-state index contributed by atoms with van der Waals surface area (Å²) in [6.07, 6.45) is 1.96. The Kier molecular flexibility index (Phi) is 5.09. The van der Waals surface area contributed by atoms with Crippen LogP contribution in [0.1, 0.15) is 24.0 Å². The maximum Gasteiger partial charge on any atom is 0.224 e. The van der Waals surface area contributed by atoms with Crippen molar-refractivity contribution in [3.8, 4) is 0 Å². The fourth-order valence-electron chi connectivity index (χ4n) is 2.76. The molecular formula is C15H22FN3O. The lowest BCUT2D eigenvalue weighted by molar-refractivity contribution is -0.126. The molecule has 2 rings (SSSR count). The molecule has 0 aromatic heterocycles. The van der Waals surface area contributed by atoms with Crippen molar-refractivity contribution in [3.63, 3.8) is 0 Å². The first-order valence-corrected chi connectivity index (χ1v) is 7.05. The standard InChI is InChI=1S/C15H22FN3O/c1-18-15(20)12-3-2-6-19(10-12)9-11-4-5-14(16)13(7-11)8-17/h4-5,7,12H,2-3,6,8-10,17H2,1H3,(H,18,20). The molecule has 1 aromatic rings. The van der Waals surface area contributed by atoms with Gasteiger partial charge in [-0.25, -0.2) is 4.39 Å². The zero-order chi connectivity index (χ0) is 14.5. The van der Waals surface area contributed by atoms with Crippen LogP contribution in [0.4, 0.5) is 4.39 Å². The summed E-state index contributed by atoms with van der Waals surface area (Å²) < 4.78 is 13.4. The van der Waals surface area contributed by atoms with Crippen LogP contribution in [0, 0.1) is 11.7 Å². The first-order chi connectivity index (χ1) is 9.63. The maximum atomic E-state index is 13.4. The number of hydrogen-bond donors (Lipinski definition) is 2. The van der Waals surface area contributed by atoms with Crippen LogP contribution in [0.2, 0.25) is 0 Å². The van der Waals surface area contributed by atoms with Crippen LogP contribution in [-0.4, -0.2) is 30.9 Å². The SMILES string of the molecule is CNC(=O)C1CCCN(Cc2ccc(F)c(CN)c2)C1. The van der Waals surface area contributed by atoms with E-state index < -0.39 is 0 Å². The third-order valence-electron chi connectivity index (χ3n) is 3.86. The minimum atomic E-state index is -0.252. The zero-order valence-corrected chi connectivity index (χ0v) is 11.9. The average Bonchev–Trinajstić information content (AvgIpc) is 2.48. The first-order valence-electron chi connectivity index (χ1n) is 7.05. The van der Waals surface area contributed by atoms with Crippen molar-refractivity contribution in [3.05, 3.63) is 35.1 Å². The summed E-state index contributed by atoms with van der Waals surface area (Å²) in [5.41, 5.74) is 7.12. The van der Waals surface area contributed by atoms with Gasteiger partial charge in [-0.3, -0.25) is 9.69 Å². The molecule has 5 heteroatoms. The quantitative estimate of drug-likeness (QED) is 0.872. The molecule has 4 nitrogen and oxygen atoms in total. The molecular weight excluding hydrogens is 257 g/mol. The van der Waals surface area contributed by atoms with Crippen molar-refractivity contribution in [1.29, 1.82) is 0 Å². The van der Waals surface area contributed by atoms with E-state index in [1.54, 1.807) is 13.1 Å². The molecule has 0 spiro atoms. The smallest absolute Gasteiger partial charge is 0.224 e. The number of nitrogens with one attached hydrogen (secondary N) is 1. The molecule has 0 aliphatic carbocycles. The van der Waals surface area contributed by atoms with Gasteiger partial charge in [0.15, 0.2) is 0 Å². The predicted octanol–water partition coefficient (Wildman–Crippen LogP) is 1.24. The second-order valence-electron chi connectivity index (χ2n) is 5.32. The summed E-state index contributed by atoms with van der Waals surface area (Å²) in [5, 5.41) is 2.71. The van der Waals surface area contributed by atoms with Gasteiger partial charge in [-0.15, -0.1) is 0 Å². The van der Waals surface area contributed by atoms with Crippen LogP contribution in [0.5, 0.6) is 0 Å². The van der Waals surface area contributed by atoms with Crippen LogP contribution in [0.3, 0.4) is 0 Å². The van der Waals surface area contributed by atoms with E-state index in [1.807, 2.05) is 6.07 Å². The van der Waals surface area contributed by atoms with E-state index >= 15 is 0 Å². The summed E-state index contributed by atoms with van der Waals surface area (Å²) >= 11 is 0. The molecule has 1 aliphatic heterocycles. The van der Waals surface area contributed by atoms with E-state index in [0.29, 0.717) is 5.56 Å². The molecule has 1 heterocycles. The molecule has 1 atom stereocenters. The number of hydrogen-bond acceptors (Lipinski definition) is 3. The molecule has 1 saturated heterocycles. The number of carbonyl (C=O) groups excluding carboxylic acids is 1. The monoisotopic (exact) mass is 279 g/mol. The largest absolute Gasteiger partial charge is 0.359 e. The number of carbonyl (C=O) groups is 1. The van der Waals surface area contributed by atoms with Gasteiger partial charge in [-0.05, 0) is 31.0 Å². The number of nitrogens with zero attached hydrogens (tertiary/aromatic N) is 1. The van der Waals surface area contributed by atoms with Gasteiger partial charge in [-0.1, -0.05) is 12.1 Å². The molecule has 0 bridgehead atoms. The van der Waals surface area contributed by atoms with Crippen molar-refractivity contribution in [2.75, 3.05) is 20.1 Å². The highest BCUT2D eigenvalue weighted by atomic mass is 19.1. The van der Waals surface area contributed by atoms with Crippen molar-refractivity contribution in [2.45, 2.75) is 25.9 Å². The summed E-state index contributed by atoms with van der Waals surface area (Å²) in [5.74, 6) is -0.0854. The number of nitrogens with two attached hydrogens (primary N) is 1. The van der Waals surface area contributed by atoms with Gasteiger partial charge in [0.2, 0.25) is 5.91 Å². The van der Waals surface area contributed by atoms with E-state index in [9.17, 15) is 9.18 Å². The van der Waals surface area contributed by atoms with E-state index in [2.05, 4.69) is 10.2 Å². The Bertz CT molecular complexity index is 478. The molecule has 1 aliphatic rings. The second kappa shape index (κ2) is 6.81. The number of halogens is 1. The van der Waals surface area contributed by atoms with Gasteiger partial charge < -0.3 is 11.1 Å². The summed E-state index contributed by atoms with van der Waals surface area (Å²) in [7, 11) is 1.68. The molecule has 1 unspecified atom stereocenters. The number of likely N-dealkylation sites (tertiary alicyclic amines) is 1. The molecule has 1 amide bonds. The Morgan fingerprint density at radius 3 is 3.05 bits per heavy atom. The molecule has 0 radical (unpaired) electrons. The highest BCUT2D eigenvalue weighted by molar-refractivity contribution is 5.78. The second-order valence-corrected chi connectivity index (χ2v) is 5.32. The predicted molar refractivity (Wildman–Crippen MR) is 76.4 cm³/mol. The van der Waals surface area contributed by atoms with Crippen molar-refractivity contribution < 1.29 is 9.18 Å². The van der Waals surface area contributed by atoms with E-state index in [4.69, 9.17) is 5.73 Å². The van der Waals surface area contributed by atoms with Crippen LogP contribution in [0.15, 0.2) is 18.2 Å². The summed E-state index contributed by atoms with van der Waals surface area (Å²) in [6.45, 7) is 2.68. The van der Waals surface area contributed by atoms with Gasteiger partial charge in [0.1, 0.15) is 5.82 Å². The third-order valence-corrected chi connectivity index (χ3v) is 3.86. The molecule has 110 valence electrons. The molecule has 1 fully saturated rings. The number of rotatable bonds is 4. The normalized spacial score (nSPS) is 19.9. The highest BCUT2D eigenvalue weighted by Gasteiger charge is 2.24. The molecule has 3 N–H and O–H groups in total. The molecule has 0 saturated carbocycles. The van der Waals surface area contributed by atoms with Gasteiger partial charge in [-0.2, -0.15) is 0 Å². The Labute approximate surface area is 119 Å². The first kappa shape index (κ1) is 14.9. The van der Waals surface area contributed by atoms with E-state index in [1.165, 1.54) is 6.07 Å². The molecule has 20 heavy (non-hydrogen) atoms. The lowest BCUT2D eigenvalue weighted by Crippen LogP contribution is -2.41. The van der Waals surface area contributed by atoms with Crippen LogP contribution in [0.25, 0.3) is 0 Å². The summed E-state index contributed by atoms with van der Waals surface area (Å²) in [6, 6.07) is 5.08. The van der Waals surface area contributed by atoms with Crippen LogP contribution >= 0.6 is 0 Å². The van der Waals surface area contributed by atoms with Crippen molar-refractivity contribution in [1.82, 2.24) is 10.2 Å².